The Balaban J connectivity index is 1.63. The van der Waals surface area contributed by atoms with Crippen molar-refractivity contribution in [1.29, 1.82) is 0 Å². The Morgan fingerprint density at radius 2 is 2.07 bits per heavy atom. The van der Waals surface area contributed by atoms with Crippen LogP contribution in [-0.4, -0.2) is 53.3 Å². The molecule has 8 heteroatoms. The summed E-state index contributed by atoms with van der Waals surface area (Å²) in [5.41, 5.74) is 0.496. The highest BCUT2D eigenvalue weighted by Crippen LogP contribution is 2.31. The van der Waals surface area contributed by atoms with Crippen LogP contribution in [-0.2, 0) is 6.54 Å². The average Bonchev–Trinajstić information content (AvgIpc) is 3.11. The number of benzene rings is 1. The van der Waals surface area contributed by atoms with Crippen LogP contribution < -0.4 is 14.8 Å². The number of rotatable bonds is 7. The zero-order valence-corrected chi connectivity index (χ0v) is 16.9. The summed E-state index contributed by atoms with van der Waals surface area (Å²) >= 11 is 0. The van der Waals surface area contributed by atoms with E-state index in [4.69, 9.17) is 14.0 Å². The number of carbonyl (C=O) groups is 1. The number of amides is 1. The molecule has 0 spiro atoms. The molecule has 1 amide bonds. The van der Waals surface area contributed by atoms with Crippen molar-refractivity contribution in [3.63, 3.8) is 0 Å². The first kappa shape index (κ1) is 20.1. The molecule has 152 valence electrons. The number of carbonyl (C=O) groups excluding carboxylic acids is 1. The van der Waals surface area contributed by atoms with Crippen LogP contribution in [0.15, 0.2) is 22.7 Å². The maximum Gasteiger partial charge on any atom is 0.251 e. The van der Waals surface area contributed by atoms with E-state index in [2.05, 4.69) is 34.2 Å². The minimum absolute atomic E-state index is 0.115. The second-order valence-corrected chi connectivity index (χ2v) is 7.22. The first-order chi connectivity index (χ1) is 13.5. The monoisotopic (exact) mass is 388 g/mol. The fourth-order valence-corrected chi connectivity index (χ4v) is 3.27. The number of hydrogen-bond donors (Lipinski definition) is 1. The van der Waals surface area contributed by atoms with E-state index in [-0.39, 0.29) is 18.6 Å². The number of nitrogens with one attached hydrogen (secondary N) is 1. The fourth-order valence-electron chi connectivity index (χ4n) is 3.27. The summed E-state index contributed by atoms with van der Waals surface area (Å²) in [7, 11) is 1.60. The molecule has 1 aliphatic rings. The zero-order valence-electron chi connectivity index (χ0n) is 16.9. The van der Waals surface area contributed by atoms with Gasteiger partial charge in [-0.25, -0.2) is 0 Å². The third kappa shape index (κ3) is 5.01. The van der Waals surface area contributed by atoms with Crippen molar-refractivity contribution in [2.24, 2.45) is 0 Å². The largest absolute Gasteiger partial charge is 0.493 e. The minimum atomic E-state index is -0.232. The fraction of sp³-hybridized carbons (Fsp3) is 0.550. The molecule has 1 saturated heterocycles. The van der Waals surface area contributed by atoms with Crippen LogP contribution in [0.4, 0.5) is 0 Å². The van der Waals surface area contributed by atoms with Crippen LogP contribution in [0.3, 0.4) is 0 Å². The highest BCUT2D eigenvalue weighted by molar-refractivity contribution is 5.94. The van der Waals surface area contributed by atoms with E-state index in [9.17, 15) is 4.79 Å². The standard InChI is InChI=1S/C20H28N4O4/c1-13(2)24-9-7-16(8-10-24)27-18-11-15(5-6-17(18)26-4)20(25)21-12-19-22-14(3)28-23-19/h5-6,11,13,16H,7-10,12H2,1-4H3,(H,21,25). The van der Waals surface area contributed by atoms with Crippen LogP contribution in [0.2, 0.25) is 0 Å². The number of aromatic nitrogens is 2. The maximum absolute atomic E-state index is 12.5. The van der Waals surface area contributed by atoms with E-state index in [0.717, 1.165) is 25.9 Å². The van der Waals surface area contributed by atoms with Gasteiger partial charge in [0.05, 0.1) is 13.7 Å². The number of ether oxygens (including phenoxy) is 2. The van der Waals surface area contributed by atoms with Gasteiger partial charge in [-0.1, -0.05) is 5.16 Å². The molecular weight excluding hydrogens is 360 g/mol. The summed E-state index contributed by atoms with van der Waals surface area (Å²) in [4.78, 5) is 19.0. The zero-order chi connectivity index (χ0) is 20.1. The lowest BCUT2D eigenvalue weighted by atomic mass is 10.1. The molecule has 2 aromatic rings. The van der Waals surface area contributed by atoms with Gasteiger partial charge in [0.15, 0.2) is 17.3 Å². The summed E-state index contributed by atoms with van der Waals surface area (Å²) in [6.45, 7) is 8.34. The van der Waals surface area contributed by atoms with E-state index < -0.39 is 0 Å². The van der Waals surface area contributed by atoms with Crippen LogP contribution >= 0.6 is 0 Å². The van der Waals surface area contributed by atoms with Crippen LogP contribution in [0, 0.1) is 6.92 Å². The summed E-state index contributed by atoms with van der Waals surface area (Å²) in [6.07, 6.45) is 2.02. The molecule has 0 atom stereocenters. The van der Waals surface area contributed by atoms with E-state index in [1.54, 1.807) is 32.2 Å². The van der Waals surface area contributed by atoms with E-state index in [0.29, 0.717) is 34.8 Å². The molecule has 0 saturated carbocycles. The minimum Gasteiger partial charge on any atom is -0.493 e. The Morgan fingerprint density at radius 1 is 1.32 bits per heavy atom. The van der Waals surface area contributed by atoms with E-state index >= 15 is 0 Å². The average molecular weight is 388 g/mol. The van der Waals surface area contributed by atoms with Crippen LogP contribution in [0.1, 0.15) is 48.8 Å². The second kappa shape index (κ2) is 9.05. The summed E-state index contributed by atoms with van der Waals surface area (Å²) in [6, 6.07) is 5.74. The van der Waals surface area contributed by atoms with Crippen molar-refractivity contribution in [1.82, 2.24) is 20.4 Å². The van der Waals surface area contributed by atoms with Gasteiger partial charge < -0.3 is 24.2 Å². The van der Waals surface area contributed by atoms with Crippen molar-refractivity contribution >= 4 is 5.91 Å². The third-order valence-corrected chi connectivity index (χ3v) is 4.90. The van der Waals surface area contributed by atoms with Gasteiger partial charge in [-0.15, -0.1) is 0 Å². The molecule has 0 aliphatic carbocycles. The van der Waals surface area contributed by atoms with Gasteiger partial charge in [0.25, 0.3) is 5.91 Å². The van der Waals surface area contributed by atoms with Gasteiger partial charge in [0.1, 0.15) is 6.10 Å². The Kier molecular flexibility index (Phi) is 6.51. The Labute approximate surface area is 165 Å². The Hall–Kier alpha value is -2.61. The summed E-state index contributed by atoms with van der Waals surface area (Å²) < 4.78 is 16.5. The molecule has 1 aromatic heterocycles. The molecule has 1 N–H and O–H groups in total. The molecule has 3 rings (SSSR count). The number of nitrogens with zero attached hydrogens (tertiary/aromatic N) is 3. The number of hydrogen-bond acceptors (Lipinski definition) is 7. The third-order valence-electron chi connectivity index (χ3n) is 4.90. The highest BCUT2D eigenvalue weighted by Gasteiger charge is 2.23. The van der Waals surface area contributed by atoms with Gasteiger partial charge in [-0.05, 0) is 44.9 Å². The molecule has 0 radical (unpaired) electrons. The van der Waals surface area contributed by atoms with Crippen molar-refractivity contribution < 1.29 is 18.8 Å². The predicted molar refractivity (Wildman–Crippen MR) is 104 cm³/mol. The van der Waals surface area contributed by atoms with Crippen LogP contribution in [0.25, 0.3) is 0 Å². The number of likely N-dealkylation sites (tertiary alicyclic amines) is 1. The Bertz CT molecular complexity index is 797. The van der Waals surface area contributed by atoms with E-state index in [1.807, 2.05) is 0 Å². The molecule has 0 bridgehead atoms. The first-order valence-corrected chi connectivity index (χ1v) is 9.62. The Morgan fingerprint density at radius 3 is 2.68 bits per heavy atom. The first-order valence-electron chi connectivity index (χ1n) is 9.62. The maximum atomic E-state index is 12.5. The SMILES string of the molecule is COc1ccc(C(=O)NCc2noc(C)n2)cc1OC1CCN(C(C)C)CC1. The van der Waals surface area contributed by atoms with Gasteiger partial charge in [-0.3, -0.25) is 4.79 Å². The molecule has 0 unspecified atom stereocenters. The topological polar surface area (TPSA) is 89.7 Å². The molecular formula is C20H28N4O4. The lowest BCUT2D eigenvalue weighted by molar-refractivity contribution is 0.0819. The molecule has 28 heavy (non-hydrogen) atoms. The van der Waals surface area contributed by atoms with Gasteiger partial charge in [0.2, 0.25) is 5.89 Å². The molecule has 1 fully saturated rings. The number of methoxy groups -OCH3 is 1. The van der Waals surface area contributed by atoms with Gasteiger partial charge in [0, 0.05) is 31.6 Å². The quantitative estimate of drug-likeness (QED) is 0.780. The predicted octanol–water partition coefficient (Wildman–Crippen LogP) is 2.57. The number of piperidine rings is 1. The highest BCUT2D eigenvalue weighted by atomic mass is 16.5. The molecule has 1 aliphatic heterocycles. The summed E-state index contributed by atoms with van der Waals surface area (Å²) in [5, 5.41) is 6.56. The smallest absolute Gasteiger partial charge is 0.251 e. The van der Waals surface area contributed by atoms with Crippen molar-refractivity contribution in [2.75, 3.05) is 20.2 Å². The lowest BCUT2D eigenvalue weighted by Crippen LogP contribution is -2.41. The molecule has 8 nitrogen and oxygen atoms in total. The van der Waals surface area contributed by atoms with E-state index in [1.165, 1.54) is 0 Å². The van der Waals surface area contributed by atoms with Crippen molar-refractivity contribution in [3.8, 4) is 11.5 Å². The number of aryl methyl sites for hydroxylation is 1. The lowest BCUT2D eigenvalue weighted by Gasteiger charge is -2.34. The van der Waals surface area contributed by atoms with Crippen molar-refractivity contribution in [2.45, 2.75) is 52.3 Å². The normalized spacial score (nSPS) is 15.6. The van der Waals surface area contributed by atoms with Crippen LogP contribution in [0.5, 0.6) is 11.5 Å². The van der Waals surface area contributed by atoms with Crippen molar-refractivity contribution in [3.05, 3.63) is 35.5 Å². The molecule has 1 aromatic carbocycles. The van der Waals surface area contributed by atoms with Gasteiger partial charge in [-0.2, -0.15) is 4.98 Å². The molecule has 2 heterocycles. The second-order valence-electron chi connectivity index (χ2n) is 7.22. The van der Waals surface area contributed by atoms with Gasteiger partial charge >= 0.3 is 0 Å². The summed E-state index contributed by atoms with van der Waals surface area (Å²) in [5.74, 6) is 1.88.